The largest absolute Gasteiger partial charge is 0.354 e. The minimum absolute atomic E-state index is 0.0624. The third kappa shape index (κ3) is 7.02. The lowest BCUT2D eigenvalue weighted by atomic mass is 10.4. The van der Waals surface area contributed by atoms with Crippen molar-refractivity contribution in [1.29, 1.82) is 0 Å². The maximum absolute atomic E-state index is 11.4. The minimum atomic E-state index is 0.0624. The second kappa shape index (κ2) is 8.14. The Bertz CT molecular complexity index is 327. The predicted octanol–water partition coefficient (Wildman–Crippen LogP) is 1.89. The van der Waals surface area contributed by atoms with Crippen LogP contribution in [0.25, 0.3) is 0 Å². The maximum Gasteiger partial charge on any atom is 0.233 e. The molecule has 1 amide bonds. The van der Waals surface area contributed by atoms with Crippen molar-refractivity contribution in [3.05, 3.63) is 30.3 Å². The fourth-order valence-electron chi connectivity index (χ4n) is 1.24. The summed E-state index contributed by atoms with van der Waals surface area (Å²) in [6.07, 6.45) is 0. The highest BCUT2D eigenvalue weighted by atomic mass is 32.2. The Morgan fingerprint density at radius 2 is 2.00 bits per heavy atom. The van der Waals surface area contributed by atoms with Gasteiger partial charge in [-0.15, -0.1) is 11.8 Å². The number of thioether (sulfide) groups is 1. The van der Waals surface area contributed by atoms with E-state index in [0.717, 1.165) is 5.75 Å². The number of carbonyl (C=O) groups is 1. The molecule has 94 valence electrons. The van der Waals surface area contributed by atoms with Gasteiger partial charge in [0, 0.05) is 23.2 Å². The summed E-state index contributed by atoms with van der Waals surface area (Å²) in [6.45, 7) is 5.16. The van der Waals surface area contributed by atoms with E-state index in [2.05, 4.69) is 22.8 Å². The van der Waals surface area contributed by atoms with Crippen LogP contribution in [0.1, 0.15) is 13.8 Å². The summed E-state index contributed by atoms with van der Waals surface area (Å²) < 4.78 is 0. The fourth-order valence-corrected chi connectivity index (χ4v) is 2.02. The van der Waals surface area contributed by atoms with E-state index in [-0.39, 0.29) is 5.91 Å². The summed E-state index contributed by atoms with van der Waals surface area (Å²) in [7, 11) is 0. The fraction of sp³-hybridized carbons (Fsp3) is 0.462. The summed E-state index contributed by atoms with van der Waals surface area (Å²) in [6, 6.07) is 10.5. The van der Waals surface area contributed by atoms with Gasteiger partial charge >= 0.3 is 0 Å². The number of nitrogens with one attached hydrogen (secondary N) is 2. The van der Waals surface area contributed by atoms with Crippen molar-refractivity contribution in [3.63, 3.8) is 0 Å². The number of rotatable bonds is 7. The Labute approximate surface area is 107 Å². The lowest BCUT2D eigenvalue weighted by Crippen LogP contribution is -2.37. The van der Waals surface area contributed by atoms with Crippen molar-refractivity contribution >= 4 is 17.7 Å². The molecule has 4 heteroatoms. The van der Waals surface area contributed by atoms with Crippen LogP contribution in [-0.4, -0.2) is 30.8 Å². The van der Waals surface area contributed by atoms with Crippen molar-refractivity contribution in [1.82, 2.24) is 10.6 Å². The molecule has 0 atom stereocenters. The monoisotopic (exact) mass is 252 g/mol. The van der Waals surface area contributed by atoms with Crippen molar-refractivity contribution in [2.24, 2.45) is 0 Å². The van der Waals surface area contributed by atoms with Gasteiger partial charge in [0.15, 0.2) is 0 Å². The average molecular weight is 252 g/mol. The molecule has 1 aromatic carbocycles. The van der Waals surface area contributed by atoms with Gasteiger partial charge in [-0.3, -0.25) is 4.79 Å². The summed E-state index contributed by atoms with van der Waals surface area (Å²) in [5, 5.41) is 5.97. The first-order valence-corrected chi connectivity index (χ1v) is 6.85. The quantitative estimate of drug-likeness (QED) is 0.575. The van der Waals surface area contributed by atoms with E-state index in [9.17, 15) is 4.79 Å². The second-order valence-electron chi connectivity index (χ2n) is 4.05. The van der Waals surface area contributed by atoms with Gasteiger partial charge in [-0.1, -0.05) is 32.0 Å². The Hall–Kier alpha value is -1.00. The number of hydrogen-bond acceptors (Lipinski definition) is 3. The average Bonchev–Trinajstić information content (AvgIpc) is 2.33. The van der Waals surface area contributed by atoms with Crippen LogP contribution in [0, 0.1) is 0 Å². The number of amides is 1. The molecule has 0 saturated carbocycles. The Balaban J connectivity index is 2.06. The molecule has 0 spiro atoms. The zero-order chi connectivity index (χ0) is 12.5. The highest BCUT2D eigenvalue weighted by Gasteiger charge is 2.01. The number of benzene rings is 1. The smallest absolute Gasteiger partial charge is 0.233 e. The van der Waals surface area contributed by atoms with Crippen molar-refractivity contribution in [2.45, 2.75) is 24.8 Å². The zero-order valence-electron chi connectivity index (χ0n) is 10.4. The van der Waals surface area contributed by atoms with E-state index in [1.165, 1.54) is 4.90 Å². The summed E-state index contributed by atoms with van der Waals surface area (Å²) in [5.74, 6) is 0.963. The highest BCUT2D eigenvalue weighted by Crippen LogP contribution is 2.15. The summed E-state index contributed by atoms with van der Waals surface area (Å²) >= 11 is 1.75. The number of hydrogen-bond donors (Lipinski definition) is 2. The molecule has 0 aliphatic heterocycles. The summed E-state index contributed by atoms with van der Waals surface area (Å²) in [5.41, 5.74) is 0. The van der Waals surface area contributed by atoms with E-state index in [1.54, 1.807) is 11.8 Å². The topological polar surface area (TPSA) is 41.1 Å². The van der Waals surface area contributed by atoms with E-state index in [4.69, 9.17) is 0 Å². The molecule has 0 unspecified atom stereocenters. The predicted molar refractivity (Wildman–Crippen MR) is 73.3 cm³/mol. The van der Waals surface area contributed by atoms with Gasteiger partial charge in [0.2, 0.25) is 5.91 Å². The van der Waals surface area contributed by atoms with Crippen molar-refractivity contribution in [2.75, 3.05) is 18.8 Å². The molecule has 0 fully saturated rings. The minimum Gasteiger partial charge on any atom is -0.354 e. The molecule has 3 nitrogen and oxygen atoms in total. The van der Waals surface area contributed by atoms with Crippen LogP contribution in [0.2, 0.25) is 0 Å². The highest BCUT2D eigenvalue weighted by molar-refractivity contribution is 7.99. The SMILES string of the molecule is CC(C)NCC(=O)NCCSc1ccccc1. The molecule has 0 heterocycles. The van der Waals surface area contributed by atoms with Crippen LogP contribution in [0.4, 0.5) is 0 Å². The third-order valence-electron chi connectivity index (χ3n) is 2.11. The van der Waals surface area contributed by atoms with Crippen LogP contribution in [0.3, 0.4) is 0 Å². The molecular formula is C13H20N2OS. The van der Waals surface area contributed by atoms with Gasteiger partial charge in [-0.25, -0.2) is 0 Å². The van der Waals surface area contributed by atoms with Crippen LogP contribution >= 0.6 is 11.8 Å². The van der Waals surface area contributed by atoms with Crippen LogP contribution < -0.4 is 10.6 Å². The van der Waals surface area contributed by atoms with E-state index in [1.807, 2.05) is 32.0 Å². The van der Waals surface area contributed by atoms with E-state index in [0.29, 0.717) is 19.1 Å². The molecule has 0 aliphatic carbocycles. The first kappa shape index (κ1) is 14.1. The Kier molecular flexibility index (Phi) is 6.74. The van der Waals surface area contributed by atoms with Gasteiger partial charge in [-0.2, -0.15) is 0 Å². The maximum atomic E-state index is 11.4. The molecule has 1 aromatic rings. The third-order valence-corrected chi connectivity index (χ3v) is 3.12. The lowest BCUT2D eigenvalue weighted by Gasteiger charge is -2.08. The van der Waals surface area contributed by atoms with Crippen LogP contribution in [-0.2, 0) is 4.79 Å². The first-order chi connectivity index (χ1) is 8.18. The molecule has 0 bridgehead atoms. The van der Waals surface area contributed by atoms with Gasteiger partial charge in [0.1, 0.15) is 0 Å². The van der Waals surface area contributed by atoms with Crippen molar-refractivity contribution in [3.8, 4) is 0 Å². The molecule has 0 saturated heterocycles. The molecule has 0 aliphatic rings. The standard InChI is InChI=1S/C13H20N2OS/c1-11(2)15-10-13(16)14-8-9-17-12-6-4-3-5-7-12/h3-7,11,15H,8-10H2,1-2H3,(H,14,16). The Morgan fingerprint density at radius 1 is 1.29 bits per heavy atom. The zero-order valence-corrected chi connectivity index (χ0v) is 11.2. The normalized spacial score (nSPS) is 10.5. The van der Waals surface area contributed by atoms with E-state index < -0.39 is 0 Å². The first-order valence-electron chi connectivity index (χ1n) is 5.86. The van der Waals surface area contributed by atoms with Crippen LogP contribution in [0.5, 0.6) is 0 Å². The Morgan fingerprint density at radius 3 is 2.65 bits per heavy atom. The molecular weight excluding hydrogens is 232 g/mol. The van der Waals surface area contributed by atoms with E-state index >= 15 is 0 Å². The second-order valence-corrected chi connectivity index (χ2v) is 5.22. The van der Waals surface area contributed by atoms with Gasteiger partial charge in [-0.05, 0) is 12.1 Å². The van der Waals surface area contributed by atoms with Crippen LogP contribution in [0.15, 0.2) is 35.2 Å². The molecule has 17 heavy (non-hydrogen) atoms. The van der Waals surface area contributed by atoms with Gasteiger partial charge < -0.3 is 10.6 Å². The summed E-state index contributed by atoms with van der Waals surface area (Å²) in [4.78, 5) is 12.6. The van der Waals surface area contributed by atoms with Gasteiger partial charge in [0.05, 0.1) is 6.54 Å². The van der Waals surface area contributed by atoms with Gasteiger partial charge in [0.25, 0.3) is 0 Å². The molecule has 2 N–H and O–H groups in total. The van der Waals surface area contributed by atoms with Crippen molar-refractivity contribution < 1.29 is 4.79 Å². The molecule has 0 radical (unpaired) electrons. The lowest BCUT2D eigenvalue weighted by molar-refractivity contribution is -0.120. The molecule has 1 rings (SSSR count). The molecule has 0 aromatic heterocycles. The number of carbonyl (C=O) groups excluding carboxylic acids is 1.